The fourth-order valence-electron chi connectivity index (χ4n) is 2.12. The maximum absolute atomic E-state index is 13.8. The number of nitrogens with one attached hydrogen (secondary N) is 2. The number of piperidine rings is 1. The first-order valence-electron chi connectivity index (χ1n) is 5.99. The molecule has 1 amide bonds. The van der Waals surface area contributed by atoms with Gasteiger partial charge >= 0.3 is 0 Å². The largest absolute Gasteiger partial charge is 0.347 e. The van der Waals surface area contributed by atoms with Crippen molar-refractivity contribution < 1.29 is 9.18 Å². The van der Waals surface area contributed by atoms with Crippen molar-refractivity contribution in [2.45, 2.75) is 25.3 Å². The number of benzene rings is 1. The van der Waals surface area contributed by atoms with Crippen LogP contribution in [0.3, 0.4) is 0 Å². The molecule has 1 saturated heterocycles. The van der Waals surface area contributed by atoms with E-state index in [1.54, 1.807) is 12.1 Å². The topological polar surface area (TPSA) is 41.1 Å². The number of hydrogen-bond donors (Lipinski definition) is 2. The summed E-state index contributed by atoms with van der Waals surface area (Å²) in [6.45, 7) is 3.75. The number of amides is 1. The molecule has 1 aromatic carbocycles. The van der Waals surface area contributed by atoms with Crippen LogP contribution in [0.15, 0.2) is 22.7 Å². The Bertz CT molecular complexity index is 458. The van der Waals surface area contributed by atoms with Crippen LogP contribution >= 0.6 is 15.9 Å². The number of carbonyl (C=O) groups is 1. The summed E-state index contributed by atoms with van der Waals surface area (Å²) in [6, 6.07) is 4.74. The van der Waals surface area contributed by atoms with Crippen LogP contribution in [-0.4, -0.2) is 24.5 Å². The van der Waals surface area contributed by atoms with Crippen LogP contribution in [0, 0.1) is 5.82 Å². The van der Waals surface area contributed by atoms with Gasteiger partial charge in [-0.1, -0.05) is 6.07 Å². The lowest BCUT2D eigenvalue weighted by molar-refractivity contribution is 0.0883. The smallest absolute Gasteiger partial charge is 0.254 e. The Morgan fingerprint density at radius 2 is 2.11 bits per heavy atom. The van der Waals surface area contributed by atoms with Crippen molar-refractivity contribution in [1.29, 1.82) is 0 Å². The minimum atomic E-state index is -0.507. The first-order valence-corrected chi connectivity index (χ1v) is 6.78. The van der Waals surface area contributed by atoms with Crippen molar-refractivity contribution in [2.75, 3.05) is 13.1 Å². The summed E-state index contributed by atoms with van der Waals surface area (Å²) in [4.78, 5) is 12.1. The summed E-state index contributed by atoms with van der Waals surface area (Å²) in [5.74, 6) is -0.856. The highest BCUT2D eigenvalue weighted by molar-refractivity contribution is 9.10. The van der Waals surface area contributed by atoms with Gasteiger partial charge in [0.2, 0.25) is 0 Å². The molecule has 0 radical (unpaired) electrons. The van der Waals surface area contributed by atoms with E-state index in [9.17, 15) is 9.18 Å². The van der Waals surface area contributed by atoms with Crippen LogP contribution in [0.1, 0.15) is 30.1 Å². The Morgan fingerprint density at radius 1 is 1.44 bits per heavy atom. The van der Waals surface area contributed by atoms with E-state index in [2.05, 4.69) is 26.6 Å². The average Bonchev–Trinajstić information content (AvgIpc) is 2.33. The summed E-state index contributed by atoms with van der Waals surface area (Å²) in [5.41, 5.74) is -0.166. The van der Waals surface area contributed by atoms with Crippen LogP contribution in [0.5, 0.6) is 0 Å². The van der Waals surface area contributed by atoms with Crippen LogP contribution in [0.25, 0.3) is 0 Å². The van der Waals surface area contributed by atoms with E-state index in [-0.39, 0.29) is 17.0 Å². The van der Waals surface area contributed by atoms with Gasteiger partial charge in [-0.3, -0.25) is 4.79 Å². The van der Waals surface area contributed by atoms with Gasteiger partial charge in [0.1, 0.15) is 5.82 Å². The monoisotopic (exact) mass is 314 g/mol. The van der Waals surface area contributed by atoms with Crippen molar-refractivity contribution in [3.8, 4) is 0 Å². The lowest BCUT2D eigenvalue weighted by atomic mass is 9.90. The molecule has 3 nitrogen and oxygen atoms in total. The molecule has 0 atom stereocenters. The van der Waals surface area contributed by atoms with Gasteiger partial charge < -0.3 is 10.6 Å². The molecular formula is C13H16BrFN2O. The zero-order valence-corrected chi connectivity index (χ0v) is 11.8. The lowest BCUT2D eigenvalue weighted by Gasteiger charge is -2.35. The molecule has 0 bridgehead atoms. The Hall–Kier alpha value is -0.940. The molecule has 1 fully saturated rings. The van der Waals surface area contributed by atoms with E-state index >= 15 is 0 Å². The summed E-state index contributed by atoms with van der Waals surface area (Å²) < 4.78 is 14.1. The van der Waals surface area contributed by atoms with E-state index in [1.807, 2.05) is 6.92 Å². The molecule has 1 aliphatic heterocycles. The van der Waals surface area contributed by atoms with Gasteiger partial charge in [0.15, 0.2) is 0 Å². The van der Waals surface area contributed by atoms with E-state index < -0.39 is 5.82 Å². The second-order valence-corrected chi connectivity index (χ2v) is 5.72. The quantitative estimate of drug-likeness (QED) is 0.880. The third-order valence-corrected chi connectivity index (χ3v) is 3.93. The van der Waals surface area contributed by atoms with E-state index in [1.165, 1.54) is 6.07 Å². The Labute approximate surface area is 114 Å². The standard InChI is InChI=1S/C13H16BrFN2O/c1-13(5-7-16-8-6-13)17-12(18)9-3-2-4-10(14)11(9)15/h2-4,16H,5-8H2,1H3,(H,17,18). The number of rotatable bonds is 2. The van der Waals surface area contributed by atoms with Gasteiger partial charge in [-0.25, -0.2) is 4.39 Å². The van der Waals surface area contributed by atoms with Gasteiger partial charge in [-0.2, -0.15) is 0 Å². The molecule has 0 aliphatic carbocycles. The average molecular weight is 315 g/mol. The second kappa shape index (κ2) is 5.36. The molecule has 1 aliphatic rings. The van der Waals surface area contributed by atoms with Crippen molar-refractivity contribution in [3.63, 3.8) is 0 Å². The molecule has 1 aromatic rings. The summed E-state index contributed by atoms with van der Waals surface area (Å²) in [6.07, 6.45) is 1.71. The molecule has 18 heavy (non-hydrogen) atoms. The first kappa shape index (κ1) is 13.5. The minimum Gasteiger partial charge on any atom is -0.347 e. The zero-order chi connectivity index (χ0) is 13.2. The minimum absolute atomic E-state index is 0.0872. The Balaban J connectivity index is 2.14. The van der Waals surface area contributed by atoms with Crippen molar-refractivity contribution in [1.82, 2.24) is 10.6 Å². The van der Waals surface area contributed by atoms with Crippen LogP contribution in [0.2, 0.25) is 0 Å². The van der Waals surface area contributed by atoms with E-state index in [0.717, 1.165) is 25.9 Å². The molecule has 98 valence electrons. The van der Waals surface area contributed by atoms with Crippen molar-refractivity contribution >= 4 is 21.8 Å². The Kier molecular flexibility index (Phi) is 4.02. The second-order valence-electron chi connectivity index (χ2n) is 4.87. The van der Waals surface area contributed by atoms with Crippen molar-refractivity contribution in [2.24, 2.45) is 0 Å². The molecule has 5 heteroatoms. The molecule has 1 heterocycles. The molecular weight excluding hydrogens is 299 g/mol. The fraction of sp³-hybridized carbons (Fsp3) is 0.462. The van der Waals surface area contributed by atoms with Gasteiger partial charge in [-0.05, 0) is 60.9 Å². The first-order chi connectivity index (χ1) is 8.52. The van der Waals surface area contributed by atoms with E-state index in [0.29, 0.717) is 4.47 Å². The van der Waals surface area contributed by atoms with Crippen LogP contribution < -0.4 is 10.6 Å². The predicted octanol–water partition coefficient (Wildman–Crippen LogP) is 2.46. The molecule has 2 rings (SSSR count). The van der Waals surface area contributed by atoms with Gasteiger partial charge in [0.25, 0.3) is 5.91 Å². The molecule has 0 aromatic heterocycles. The highest BCUT2D eigenvalue weighted by Gasteiger charge is 2.29. The van der Waals surface area contributed by atoms with Crippen LogP contribution in [0.4, 0.5) is 4.39 Å². The van der Waals surface area contributed by atoms with Gasteiger partial charge in [-0.15, -0.1) is 0 Å². The van der Waals surface area contributed by atoms with Gasteiger partial charge in [0, 0.05) is 5.54 Å². The molecule has 0 saturated carbocycles. The molecule has 2 N–H and O–H groups in total. The van der Waals surface area contributed by atoms with Crippen molar-refractivity contribution in [3.05, 3.63) is 34.1 Å². The highest BCUT2D eigenvalue weighted by Crippen LogP contribution is 2.21. The number of hydrogen-bond acceptors (Lipinski definition) is 2. The molecule has 0 spiro atoms. The third-order valence-electron chi connectivity index (χ3n) is 3.32. The Morgan fingerprint density at radius 3 is 2.78 bits per heavy atom. The van der Waals surface area contributed by atoms with Gasteiger partial charge in [0.05, 0.1) is 10.0 Å². The zero-order valence-electron chi connectivity index (χ0n) is 10.2. The fourth-order valence-corrected chi connectivity index (χ4v) is 2.49. The summed E-state index contributed by atoms with van der Waals surface area (Å²) in [7, 11) is 0. The summed E-state index contributed by atoms with van der Waals surface area (Å²) in [5, 5.41) is 6.18. The maximum Gasteiger partial charge on any atom is 0.254 e. The van der Waals surface area contributed by atoms with Crippen LogP contribution in [-0.2, 0) is 0 Å². The summed E-state index contributed by atoms with van der Waals surface area (Å²) >= 11 is 3.09. The van der Waals surface area contributed by atoms with E-state index in [4.69, 9.17) is 0 Å². The SMILES string of the molecule is CC1(NC(=O)c2cccc(Br)c2F)CCNCC1. The third kappa shape index (κ3) is 2.90. The normalized spacial score (nSPS) is 18.4. The predicted molar refractivity (Wildman–Crippen MR) is 72.1 cm³/mol. The number of carbonyl (C=O) groups excluding carboxylic acids is 1. The number of halogens is 2. The lowest BCUT2D eigenvalue weighted by Crippen LogP contribution is -2.52. The highest BCUT2D eigenvalue weighted by atomic mass is 79.9. The molecule has 0 unspecified atom stereocenters. The maximum atomic E-state index is 13.8.